The predicted octanol–water partition coefficient (Wildman–Crippen LogP) is 3.94. The summed E-state index contributed by atoms with van der Waals surface area (Å²) in [6.45, 7) is 1.89. The molecule has 0 bridgehead atoms. The minimum Gasteiger partial charge on any atom is -0.350 e. The van der Waals surface area contributed by atoms with E-state index in [1.807, 2.05) is 24.4 Å². The van der Waals surface area contributed by atoms with Crippen molar-refractivity contribution in [2.75, 3.05) is 0 Å². The Kier molecular flexibility index (Phi) is 5.40. The van der Waals surface area contributed by atoms with E-state index in [9.17, 15) is 22.8 Å². The van der Waals surface area contributed by atoms with E-state index in [4.69, 9.17) is 0 Å². The number of H-pyrrole nitrogens is 1. The minimum atomic E-state index is -4.42. The summed E-state index contributed by atoms with van der Waals surface area (Å²) in [5, 5.41) is 8.92. The lowest BCUT2D eigenvalue weighted by Crippen LogP contribution is -2.26. The summed E-state index contributed by atoms with van der Waals surface area (Å²) in [5.74, 6) is -0.372. The lowest BCUT2D eigenvalue weighted by molar-refractivity contribution is -0.137. The summed E-state index contributed by atoms with van der Waals surface area (Å²) in [7, 11) is 0. The van der Waals surface area contributed by atoms with Gasteiger partial charge in [-0.05, 0) is 36.1 Å². The third-order valence-electron chi connectivity index (χ3n) is 4.74. The zero-order chi connectivity index (χ0) is 22.2. The van der Waals surface area contributed by atoms with Gasteiger partial charge in [-0.15, -0.1) is 11.3 Å². The van der Waals surface area contributed by atoms with Crippen LogP contribution in [0.5, 0.6) is 0 Å². The number of benzene rings is 1. The van der Waals surface area contributed by atoms with Crippen LogP contribution in [0.4, 0.5) is 13.2 Å². The highest BCUT2D eigenvalue weighted by Crippen LogP contribution is 2.30. The van der Waals surface area contributed by atoms with E-state index in [2.05, 4.69) is 15.4 Å². The van der Waals surface area contributed by atoms with Crippen molar-refractivity contribution < 1.29 is 18.0 Å². The van der Waals surface area contributed by atoms with Crippen LogP contribution in [0.15, 0.2) is 52.6 Å². The van der Waals surface area contributed by atoms with Gasteiger partial charge in [-0.1, -0.05) is 18.2 Å². The topological polar surface area (TPSA) is 79.3 Å². The van der Waals surface area contributed by atoms with Gasteiger partial charge in [-0.2, -0.15) is 22.8 Å². The second-order valence-electron chi connectivity index (χ2n) is 6.98. The Morgan fingerprint density at radius 3 is 2.61 bits per heavy atom. The molecule has 0 aliphatic carbocycles. The number of aryl methyl sites for hydroxylation is 1. The number of nitrogens with zero attached hydrogens (tertiary/aromatic N) is 2. The molecule has 0 radical (unpaired) electrons. The van der Waals surface area contributed by atoms with Gasteiger partial charge in [0.05, 0.1) is 29.8 Å². The molecule has 6 nitrogen and oxygen atoms in total. The number of aromatic amines is 1. The van der Waals surface area contributed by atoms with Gasteiger partial charge < -0.3 is 10.3 Å². The summed E-state index contributed by atoms with van der Waals surface area (Å²) in [4.78, 5) is 28.8. The molecule has 0 aliphatic heterocycles. The molecular formula is C21H17F3N4O2S. The highest BCUT2D eigenvalue weighted by Gasteiger charge is 2.30. The van der Waals surface area contributed by atoms with Crippen LogP contribution in [0.1, 0.15) is 22.5 Å². The number of amides is 1. The van der Waals surface area contributed by atoms with Crippen LogP contribution in [-0.4, -0.2) is 20.5 Å². The number of thiophene rings is 1. The maximum absolute atomic E-state index is 12.6. The molecule has 0 atom stereocenters. The van der Waals surface area contributed by atoms with E-state index >= 15 is 0 Å². The van der Waals surface area contributed by atoms with Gasteiger partial charge >= 0.3 is 6.18 Å². The van der Waals surface area contributed by atoms with Crippen molar-refractivity contribution in [3.05, 3.63) is 80.7 Å². The molecular weight excluding hydrogens is 429 g/mol. The molecule has 0 saturated heterocycles. The van der Waals surface area contributed by atoms with Crippen LogP contribution in [-0.2, 0) is 23.9 Å². The number of hydrogen-bond donors (Lipinski definition) is 2. The lowest BCUT2D eigenvalue weighted by atomic mass is 10.1. The van der Waals surface area contributed by atoms with Crippen molar-refractivity contribution in [2.45, 2.75) is 26.1 Å². The predicted molar refractivity (Wildman–Crippen MR) is 111 cm³/mol. The van der Waals surface area contributed by atoms with Crippen LogP contribution in [0, 0.1) is 6.92 Å². The SMILES string of the molecule is Cc1nn2c(=O)cc(CNC(=O)Cc3ccc(C(F)(F)F)cc3)[nH]c2c1-c1cccs1. The Bertz CT molecular complexity index is 1290. The zero-order valence-corrected chi connectivity index (χ0v) is 17.1. The van der Waals surface area contributed by atoms with Crippen LogP contribution in [0.2, 0.25) is 0 Å². The van der Waals surface area contributed by atoms with Crippen molar-refractivity contribution in [1.29, 1.82) is 0 Å². The van der Waals surface area contributed by atoms with Crippen molar-refractivity contribution >= 4 is 22.9 Å². The number of nitrogens with one attached hydrogen (secondary N) is 2. The van der Waals surface area contributed by atoms with E-state index in [1.165, 1.54) is 34.1 Å². The van der Waals surface area contributed by atoms with Gasteiger partial charge in [0, 0.05) is 16.6 Å². The van der Waals surface area contributed by atoms with Gasteiger partial charge in [-0.25, -0.2) is 0 Å². The van der Waals surface area contributed by atoms with Gasteiger partial charge in [0.25, 0.3) is 5.56 Å². The molecule has 1 amide bonds. The molecule has 0 fully saturated rings. The molecule has 10 heteroatoms. The highest BCUT2D eigenvalue weighted by molar-refractivity contribution is 7.13. The molecule has 160 valence electrons. The second-order valence-corrected chi connectivity index (χ2v) is 7.93. The van der Waals surface area contributed by atoms with E-state index < -0.39 is 11.7 Å². The first kappa shape index (κ1) is 20.9. The number of rotatable bonds is 5. The summed E-state index contributed by atoms with van der Waals surface area (Å²) in [6, 6.07) is 9.65. The number of aromatic nitrogens is 3. The molecule has 0 unspecified atom stereocenters. The largest absolute Gasteiger partial charge is 0.416 e. The molecule has 4 rings (SSSR count). The van der Waals surface area contributed by atoms with Crippen LogP contribution in [0.25, 0.3) is 16.1 Å². The second kappa shape index (κ2) is 8.03. The van der Waals surface area contributed by atoms with Crippen LogP contribution in [0.3, 0.4) is 0 Å². The monoisotopic (exact) mass is 446 g/mol. The van der Waals surface area contributed by atoms with Crippen LogP contribution >= 0.6 is 11.3 Å². The first-order valence-corrected chi connectivity index (χ1v) is 10.2. The standard InChI is InChI=1S/C21H17F3N4O2S/c1-12-19(16-3-2-8-31-16)20-26-15(10-18(30)28(20)27-12)11-25-17(29)9-13-4-6-14(7-5-13)21(22,23)24/h2-8,10,26H,9,11H2,1H3,(H,25,29). The average molecular weight is 446 g/mol. The Hall–Kier alpha value is -3.40. The number of carbonyl (C=O) groups excluding carboxylic acids is 1. The average Bonchev–Trinajstić information content (AvgIpc) is 3.33. The van der Waals surface area contributed by atoms with Gasteiger partial charge in [0.15, 0.2) is 0 Å². The third-order valence-corrected chi connectivity index (χ3v) is 5.62. The molecule has 0 spiro atoms. The maximum atomic E-state index is 12.6. The fourth-order valence-electron chi connectivity index (χ4n) is 3.26. The van der Waals surface area contributed by atoms with E-state index in [0.29, 0.717) is 22.6 Å². The third kappa shape index (κ3) is 4.38. The van der Waals surface area contributed by atoms with Gasteiger partial charge in [-0.3, -0.25) is 9.59 Å². The molecule has 2 N–H and O–H groups in total. The fraction of sp³-hybridized carbons (Fsp3) is 0.190. The highest BCUT2D eigenvalue weighted by atomic mass is 32.1. The van der Waals surface area contributed by atoms with Crippen molar-refractivity contribution in [3.8, 4) is 10.4 Å². The number of fused-ring (bicyclic) bond motifs is 1. The van der Waals surface area contributed by atoms with Crippen molar-refractivity contribution in [3.63, 3.8) is 0 Å². The molecule has 3 aromatic heterocycles. The molecule has 3 heterocycles. The van der Waals surface area contributed by atoms with Crippen molar-refractivity contribution in [2.24, 2.45) is 0 Å². The van der Waals surface area contributed by atoms with E-state index in [0.717, 1.165) is 22.6 Å². The Morgan fingerprint density at radius 1 is 1.23 bits per heavy atom. The summed E-state index contributed by atoms with van der Waals surface area (Å²) < 4.78 is 39.2. The Morgan fingerprint density at radius 2 is 1.97 bits per heavy atom. The number of halogens is 3. The van der Waals surface area contributed by atoms with E-state index in [-0.39, 0.29) is 24.4 Å². The maximum Gasteiger partial charge on any atom is 0.416 e. The normalized spacial score (nSPS) is 11.7. The summed E-state index contributed by atoms with van der Waals surface area (Å²) in [6.07, 6.45) is -4.49. The first-order chi connectivity index (χ1) is 14.7. The lowest BCUT2D eigenvalue weighted by Gasteiger charge is -2.09. The quantitative estimate of drug-likeness (QED) is 0.488. The Labute approximate surface area is 178 Å². The number of carbonyl (C=O) groups is 1. The molecule has 0 aliphatic rings. The number of alkyl halides is 3. The zero-order valence-electron chi connectivity index (χ0n) is 16.3. The smallest absolute Gasteiger partial charge is 0.350 e. The van der Waals surface area contributed by atoms with Crippen molar-refractivity contribution in [1.82, 2.24) is 19.9 Å². The molecule has 31 heavy (non-hydrogen) atoms. The molecule has 1 aromatic carbocycles. The molecule has 4 aromatic rings. The van der Waals surface area contributed by atoms with Crippen LogP contribution < -0.4 is 10.9 Å². The van der Waals surface area contributed by atoms with E-state index in [1.54, 1.807) is 0 Å². The minimum absolute atomic E-state index is 0.0688. The molecule has 0 saturated carbocycles. The summed E-state index contributed by atoms with van der Waals surface area (Å²) >= 11 is 1.53. The fourth-order valence-corrected chi connectivity index (χ4v) is 4.09. The first-order valence-electron chi connectivity index (χ1n) is 9.30. The van der Waals surface area contributed by atoms with Gasteiger partial charge in [0.1, 0.15) is 5.65 Å². The van der Waals surface area contributed by atoms with Gasteiger partial charge in [0.2, 0.25) is 5.91 Å². The number of hydrogen-bond acceptors (Lipinski definition) is 4. The Balaban J connectivity index is 1.49. The summed E-state index contributed by atoms with van der Waals surface area (Å²) in [5.41, 5.74) is 1.94.